The third kappa shape index (κ3) is 2.13. The van der Waals surface area contributed by atoms with Crippen LogP contribution in [0.1, 0.15) is 19.3 Å². The van der Waals surface area contributed by atoms with Gasteiger partial charge in [0.05, 0.1) is 0 Å². The van der Waals surface area contributed by atoms with Crippen LogP contribution in [0.2, 0.25) is 0 Å². The number of amides is 1. The summed E-state index contributed by atoms with van der Waals surface area (Å²) in [5.74, 6) is -0.588. The van der Waals surface area contributed by atoms with Crippen LogP contribution in [0.15, 0.2) is 12.0 Å². The Morgan fingerprint density at radius 2 is 2.14 bits per heavy atom. The summed E-state index contributed by atoms with van der Waals surface area (Å²) in [5.41, 5.74) is 5.13. The van der Waals surface area contributed by atoms with Crippen LogP contribution in [0.5, 0.6) is 0 Å². The van der Waals surface area contributed by atoms with Crippen molar-refractivity contribution in [1.29, 1.82) is 0 Å². The highest BCUT2D eigenvalue weighted by Crippen LogP contribution is 2.20. The van der Waals surface area contributed by atoms with E-state index in [0.29, 0.717) is 13.0 Å². The zero-order chi connectivity index (χ0) is 10.8. The molecule has 1 fully saturated rings. The molecule has 1 rings (SSSR count). The molecule has 14 heavy (non-hydrogen) atoms. The Morgan fingerprint density at radius 3 is 2.64 bits per heavy atom. The fraction of sp³-hybridized carbons (Fsp3) is 0.625. The van der Waals surface area contributed by atoms with Gasteiger partial charge in [-0.25, -0.2) is 8.42 Å². The lowest BCUT2D eigenvalue weighted by Crippen LogP contribution is -2.49. The van der Waals surface area contributed by atoms with Gasteiger partial charge in [0.2, 0.25) is 15.9 Å². The summed E-state index contributed by atoms with van der Waals surface area (Å²) >= 11 is 0. The molecule has 0 aliphatic carbocycles. The molecule has 1 unspecified atom stereocenters. The normalized spacial score (nSPS) is 24.4. The van der Waals surface area contributed by atoms with Gasteiger partial charge in [0.25, 0.3) is 0 Å². The Hall–Kier alpha value is -0.880. The van der Waals surface area contributed by atoms with Crippen LogP contribution in [0.25, 0.3) is 0 Å². The Bertz CT molecular complexity index is 336. The van der Waals surface area contributed by atoms with E-state index < -0.39 is 22.0 Å². The summed E-state index contributed by atoms with van der Waals surface area (Å²) in [6, 6.07) is -0.702. The molecule has 0 radical (unpaired) electrons. The maximum absolute atomic E-state index is 11.5. The predicted molar refractivity (Wildman–Crippen MR) is 52.7 cm³/mol. The zero-order valence-corrected chi connectivity index (χ0v) is 8.66. The van der Waals surface area contributed by atoms with Crippen molar-refractivity contribution >= 4 is 15.9 Å². The number of hydrogen-bond donors (Lipinski definition) is 1. The van der Waals surface area contributed by atoms with E-state index in [9.17, 15) is 13.2 Å². The second-order valence-electron chi connectivity index (χ2n) is 3.24. The lowest BCUT2D eigenvalue weighted by molar-refractivity contribution is -0.122. The van der Waals surface area contributed by atoms with Crippen LogP contribution in [-0.4, -0.2) is 31.2 Å². The number of sulfonamides is 1. The number of piperidine rings is 1. The van der Waals surface area contributed by atoms with E-state index in [1.807, 2.05) is 0 Å². The molecule has 0 aromatic heterocycles. The summed E-state index contributed by atoms with van der Waals surface area (Å²) in [6.07, 6.45) is 2.09. The van der Waals surface area contributed by atoms with E-state index in [2.05, 4.69) is 6.58 Å². The average Bonchev–Trinajstić information content (AvgIpc) is 2.18. The topological polar surface area (TPSA) is 80.5 Å². The summed E-state index contributed by atoms with van der Waals surface area (Å²) < 4.78 is 24.1. The first-order chi connectivity index (χ1) is 6.49. The fourth-order valence-corrected chi connectivity index (χ4v) is 2.73. The third-order valence-corrected chi connectivity index (χ3v) is 3.83. The molecule has 1 heterocycles. The zero-order valence-electron chi connectivity index (χ0n) is 7.85. The standard InChI is InChI=1S/C8H14N2O3S/c1-2-14(12,13)10-6-4-3-5-7(10)8(9)11/h2,7H,1,3-6H2,(H2,9,11). The second kappa shape index (κ2) is 4.10. The van der Waals surface area contributed by atoms with Crippen LogP contribution in [-0.2, 0) is 14.8 Å². The van der Waals surface area contributed by atoms with Gasteiger partial charge >= 0.3 is 0 Å². The molecule has 80 valence electrons. The van der Waals surface area contributed by atoms with Gasteiger partial charge in [-0.15, -0.1) is 0 Å². The van der Waals surface area contributed by atoms with Crippen LogP contribution in [0.3, 0.4) is 0 Å². The predicted octanol–water partition coefficient (Wildman–Crippen LogP) is -0.200. The molecule has 1 atom stereocenters. The van der Waals surface area contributed by atoms with E-state index in [-0.39, 0.29) is 0 Å². The van der Waals surface area contributed by atoms with Crippen molar-refractivity contribution in [3.8, 4) is 0 Å². The first kappa shape index (κ1) is 11.2. The monoisotopic (exact) mass is 218 g/mol. The number of carbonyl (C=O) groups excluding carboxylic acids is 1. The number of carbonyl (C=O) groups is 1. The van der Waals surface area contributed by atoms with Gasteiger partial charge in [0.1, 0.15) is 6.04 Å². The van der Waals surface area contributed by atoms with Crippen molar-refractivity contribution in [2.45, 2.75) is 25.3 Å². The van der Waals surface area contributed by atoms with Crippen molar-refractivity contribution in [3.63, 3.8) is 0 Å². The Kier molecular flexibility index (Phi) is 3.28. The van der Waals surface area contributed by atoms with Crippen LogP contribution in [0.4, 0.5) is 0 Å². The number of nitrogens with two attached hydrogens (primary N) is 1. The molecule has 0 bridgehead atoms. The summed E-state index contributed by atoms with van der Waals surface area (Å²) in [4.78, 5) is 11.0. The van der Waals surface area contributed by atoms with E-state index in [4.69, 9.17) is 5.73 Å². The molecule has 1 saturated heterocycles. The van der Waals surface area contributed by atoms with Crippen LogP contribution in [0, 0.1) is 0 Å². The van der Waals surface area contributed by atoms with E-state index in [0.717, 1.165) is 22.6 Å². The van der Waals surface area contributed by atoms with Gasteiger partial charge in [-0.2, -0.15) is 4.31 Å². The van der Waals surface area contributed by atoms with Gasteiger partial charge in [0, 0.05) is 12.0 Å². The SMILES string of the molecule is C=CS(=O)(=O)N1CCCCC1C(N)=O. The smallest absolute Gasteiger partial charge is 0.236 e. The molecular weight excluding hydrogens is 204 g/mol. The van der Waals surface area contributed by atoms with Gasteiger partial charge in [-0.05, 0) is 12.8 Å². The molecule has 1 amide bonds. The van der Waals surface area contributed by atoms with E-state index in [1.165, 1.54) is 0 Å². The van der Waals surface area contributed by atoms with Gasteiger partial charge in [-0.3, -0.25) is 4.79 Å². The summed E-state index contributed by atoms with van der Waals surface area (Å²) in [6.45, 7) is 3.57. The Balaban J connectivity index is 2.94. The minimum absolute atomic E-state index is 0.349. The van der Waals surface area contributed by atoms with Crippen molar-refractivity contribution in [1.82, 2.24) is 4.31 Å². The van der Waals surface area contributed by atoms with Crippen LogP contribution >= 0.6 is 0 Å². The van der Waals surface area contributed by atoms with Crippen molar-refractivity contribution in [2.24, 2.45) is 5.73 Å². The molecule has 6 heteroatoms. The Labute approximate surface area is 83.6 Å². The van der Waals surface area contributed by atoms with Gasteiger partial charge < -0.3 is 5.73 Å². The number of hydrogen-bond acceptors (Lipinski definition) is 3. The lowest BCUT2D eigenvalue weighted by atomic mass is 10.0. The maximum atomic E-state index is 11.5. The molecule has 2 N–H and O–H groups in total. The molecular formula is C8H14N2O3S. The van der Waals surface area contributed by atoms with Gasteiger partial charge in [0.15, 0.2) is 0 Å². The van der Waals surface area contributed by atoms with Gasteiger partial charge in [-0.1, -0.05) is 13.0 Å². The molecule has 0 aromatic carbocycles. The third-order valence-electron chi connectivity index (χ3n) is 2.32. The van der Waals surface area contributed by atoms with Crippen molar-refractivity contribution in [2.75, 3.05) is 6.54 Å². The highest BCUT2D eigenvalue weighted by molar-refractivity contribution is 7.92. The van der Waals surface area contributed by atoms with Crippen molar-refractivity contribution < 1.29 is 13.2 Å². The number of rotatable bonds is 3. The fourth-order valence-electron chi connectivity index (χ4n) is 1.59. The molecule has 1 aliphatic rings. The first-order valence-corrected chi connectivity index (χ1v) is 5.93. The summed E-state index contributed by atoms with van der Waals surface area (Å²) in [7, 11) is -3.52. The van der Waals surface area contributed by atoms with Crippen molar-refractivity contribution in [3.05, 3.63) is 12.0 Å². The van der Waals surface area contributed by atoms with Crippen LogP contribution < -0.4 is 5.73 Å². The highest BCUT2D eigenvalue weighted by Gasteiger charge is 2.33. The summed E-state index contributed by atoms with van der Waals surface area (Å²) in [5, 5.41) is 0.855. The largest absolute Gasteiger partial charge is 0.368 e. The minimum atomic E-state index is -3.52. The van der Waals surface area contributed by atoms with E-state index >= 15 is 0 Å². The molecule has 0 aromatic rings. The molecule has 0 saturated carbocycles. The minimum Gasteiger partial charge on any atom is -0.368 e. The Morgan fingerprint density at radius 1 is 1.50 bits per heavy atom. The first-order valence-electron chi connectivity index (χ1n) is 4.42. The highest BCUT2D eigenvalue weighted by atomic mass is 32.2. The molecule has 1 aliphatic heterocycles. The van der Waals surface area contributed by atoms with E-state index in [1.54, 1.807) is 0 Å². The number of nitrogens with zero attached hydrogens (tertiary/aromatic N) is 1. The quantitative estimate of drug-likeness (QED) is 0.712. The average molecular weight is 218 g/mol. The number of primary amides is 1. The maximum Gasteiger partial charge on any atom is 0.236 e. The molecule has 0 spiro atoms. The lowest BCUT2D eigenvalue weighted by Gasteiger charge is -2.31. The molecule has 5 nitrogen and oxygen atoms in total. The second-order valence-corrected chi connectivity index (χ2v) is 5.07.